The molecule has 1 aliphatic carbocycles. The van der Waals surface area contributed by atoms with Gasteiger partial charge in [0.2, 0.25) is 6.29 Å². The van der Waals surface area contributed by atoms with Gasteiger partial charge in [0.1, 0.15) is 30.0 Å². The minimum absolute atomic E-state index is 0.00596. The number of carbonyl (C=O) groups is 2. The molecule has 1 saturated carbocycles. The molecule has 12 heteroatoms. The van der Waals surface area contributed by atoms with Crippen LogP contribution in [-0.4, -0.2) is 98.4 Å². The quantitative estimate of drug-likeness (QED) is 0.153. The molecule has 6 N–H and O–H groups in total. The van der Waals surface area contributed by atoms with Gasteiger partial charge in [-0.15, -0.1) is 0 Å². The van der Waals surface area contributed by atoms with Crippen molar-refractivity contribution in [3.05, 3.63) is 23.5 Å². The third-order valence-corrected chi connectivity index (χ3v) is 7.86. The molecular weight excluding hydrogens is 504 g/mol. The van der Waals surface area contributed by atoms with Crippen molar-refractivity contribution in [2.24, 2.45) is 17.8 Å². The van der Waals surface area contributed by atoms with Crippen molar-refractivity contribution >= 4 is 11.9 Å². The minimum atomic E-state index is -1.69. The van der Waals surface area contributed by atoms with Gasteiger partial charge in [-0.1, -0.05) is 13.0 Å². The van der Waals surface area contributed by atoms with Crippen molar-refractivity contribution in [1.29, 1.82) is 0 Å². The highest BCUT2D eigenvalue weighted by Crippen LogP contribution is 2.51. The third kappa shape index (κ3) is 6.56. The van der Waals surface area contributed by atoms with Gasteiger partial charge in [0, 0.05) is 18.1 Å². The van der Waals surface area contributed by atoms with Crippen molar-refractivity contribution in [1.82, 2.24) is 0 Å². The predicted molar refractivity (Wildman–Crippen MR) is 130 cm³/mol. The van der Waals surface area contributed by atoms with Crippen LogP contribution in [0.3, 0.4) is 0 Å². The number of aliphatic carboxylic acids is 1. The minimum Gasteiger partial charge on any atom is -0.478 e. The maximum absolute atomic E-state index is 13.0. The topological polar surface area (TPSA) is 192 Å². The lowest BCUT2D eigenvalue weighted by Crippen LogP contribution is -2.61. The molecule has 0 spiro atoms. The number of carboxylic acid groups (broad SMARTS) is 1. The summed E-state index contributed by atoms with van der Waals surface area (Å²) in [5.41, 5.74) is -0.814. The first-order chi connectivity index (χ1) is 17.9. The van der Waals surface area contributed by atoms with Crippen molar-refractivity contribution < 1.29 is 59.2 Å². The summed E-state index contributed by atoms with van der Waals surface area (Å²) in [7, 11) is 0. The molecule has 0 aromatic heterocycles. The van der Waals surface area contributed by atoms with Crippen LogP contribution in [0.2, 0.25) is 0 Å². The fourth-order valence-electron chi connectivity index (χ4n) is 5.43. The Hall–Kier alpha value is -2.06. The second-order valence-electron chi connectivity index (χ2n) is 10.7. The summed E-state index contributed by atoms with van der Waals surface area (Å²) in [5, 5.41) is 58.8. The number of rotatable bonds is 11. The van der Waals surface area contributed by atoms with Crippen molar-refractivity contribution in [2.75, 3.05) is 13.2 Å². The Balaban J connectivity index is 1.79. The second kappa shape index (κ2) is 12.9. The summed E-state index contributed by atoms with van der Waals surface area (Å²) in [4.78, 5) is 24.9. The van der Waals surface area contributed by atoms with Gasteiger partial charge in [0.05, 0.1) is 24.4 Å². The van der Waals surface area contributed by atoms with Gasteiger partial charge in [-0.05, 0) is 51.9 Å². The molecule has 12 nitrogen and oxygen atoms in total. The van der Waals surface area contributed by atoms with E-state index in [2.05, 4.69) is 0 Å². The Kier molecular flexibility index (Phi) is 10.3. The first-order valence-corrected chi connectivity index (χ1v) is 13.0. The Morgan fingerprint density at radius 1 is 1.16 bits per heavy atom. The van der Waals surface area contributed by atoms with Gasteiger partial charge in [-0.3, -0.25) is 0 Å². The van der Waals surface area contributed by atoms with E-state index in [0.717, 1.165) is 12.7 Å². The van der Waals surface area contributed by atoms with Gasteiger partial charge < -0.3 is 49.6 Å². The average molecular weight is 545 g/mol. The number of fused-ring (bicyclic) bond motifs is 1. The number of carboxylic acids is 1. The molecular formula is C26H40O12. The highest BCUT2D eigenvalue weighted by molar-refractivity contribution is 5.88. The number of hydrogen-bond donors (Lipinski definition) is 6. The SMILES string of the molecule is C/C(=C\CC[C@@H](C)CCO)C(=O)O[C@@]1(C)CC[C@H]2C(C(=O)O)=CO[C@@H](O[C@H]3O[C@@H](CO)[C@H](O)[C@@H](O)[C@@H]3O)[C@@H]21. The number of hydrogen-bond acceptors (Lipinski definition) is 11. The molecule has 3 aliphatic rings. The van der Waals surface area contributed by atoms with Gasteiger partial charge in [0.25, 0.3) is 0 Å². The summed E-state index contributed by atoms with van der Waals surface area (Å²) >= 11 is 0. The van der Waals surface area contributed by atoms with E-state index in [4.69, 9.17) is 24.1 Å². The number of esters is 1. The van der Waals surface area contributed by atoms with E-state index in [9.17, 15) is 35.1 Å². The van der Waals surface area contributed by atoms with E-state index in [-0.39, 0.29) is 12.2 Å². The Morgan fingerprint density at radius 2 is 1.87 bits per heavy atom. The normalized spacial score (nSPS) is 38.1. The average Bonchev–Trinajstić information content (AvgIpc) is 3.21. The molecule has 0 aromatic rings. The molecule has 10 atom stereocenters. The monoisotopic (exact) mass is 544 g/mol. The molecule has 0 radical (unpaired) electrons. The van der Waals surface area contributed by atoms with Crippen LogP contribution >= 0.6 is 0 Å². The van der Waals surface area contributed by atoms with E-state index >= 15 is 0 Å². The van der Waals surface area contributed by atoms with Gasteiger partial charge in [0.15, 0.2) is 6.29 Å². The molecule has 2 aliphatic heterocycles. The van der Waals surface area contributed by atoms with Crippen LogP contribution in [0, 0.1) is 17.8 Å². The highest BCUT2D eigenvalue weighted by Gasteiger charge is 2.58. The molecule has 0 aromatic carbocycles. The van der Waals surface area contributed by atoms with E-state index < -0.39 is 73.0 Å². The van der Waals surface area contributed by atoms with Crippen LogP contribution in [0.25, 0.3) is 0 Å². The van der Waals surface area contributed by atoms with Gasteiger partial charge in [-0.25, -0.2) is 9.59 Å². The molecule has 2 fully saturated rings. The summed E-state index contributed by atoms with van der Waals surface area (Å²) < 4.78 is 22.8. The van der Waals surface area contributed by atoms with Crippen LogP contribution in [0.4, 0.5) is 0 Å². The van der Waals surface area contributed by atoms with Gasteiger partial charge in [-0.2, -0.15) is 0 Å². The maximum Gasteiger partial charge on any atom is 0.334 e. The fourth-order valence-corrected chi connectivity index (χ4v) is 5.43. The van der Waals surface area contributed by atoms with E-state index in [0.29, 0.717) is 37.2 Å². The van der Waals surface area contributed by atoms with Crippen molar-refractivity contribution in [3.63, 3.8) is 0 Å². The van der Waals surface area contributed by atoms with Gasteiger partial charge >= 0.3 is 11.9 Å². The predicted octanol–water partition coefficient (Wildman–Crippen LogP) is 0.201. The van der Waals surface area contributed by atoms with E-state index in [1.165, 1.54) is 0 Å². The molecule has 216 valence electrons. The fraction of sp³-hybridized carbons (Fsp3) is 0.769. The summed E-state index contributed by atoms with van der Waals surface area (Å²) in [6.45, 7) is 4.78. The lowest BCUT2D eigenvalue weighted by molar-refractivity contribution is -0.346. The zero-order chi connectivity index (χ0) is 28.2. The molecule has 38 heavy (non-hydrogen) atoms. The lowest BCUT2D eigenvalue weighted by atomic mass is 9.81. The number of ether oxygens (including phenoxy) is 4. The zero-order valence-electron chi connectivity index (χ0n) is 21.9. The number of carbonyl (C=O) groups excluding carboxylic acids is 1. The van der Waals surface area contributed by atoms with Crippen LogP contribution in [0.1, 0.15) is 52.9 Å². The highest BCUT2D eigenvalue weighted by atomic mass is 16.8. The largest absolute Gasteiger partial charge is 0.478 e. The molecule has 0 amide bonds. The maximum atomic E-state index is 13.0. The Labute approximate surface area is 221 Å². The molecule has 2 heterocycles. The third-order valence-electron chi connectivity index (χ3n) is 7.86. The molecule has 3 rings (SSSR count). The van der Waals surface area contributed by atoms with Crippen LogP contribution in [-0.2, 0) is 28.5 Å². The van der Waals surface area contributed by atoms with Crippen LogP contribution < -0.4 is 0 Å². The Bertz CT molecular complexity index is 901. The van der Waals surface area contributed by atoms with E-state index in [1.807, 2.05) is 6.92 Å². The second-order valence-corrected chi connectivity index (χ2v) is 10.7. The van der Waals surface area contributed by atoms with Crippen LogP contribution in [0.15, 0.2) is 23.5 Å². The molecule has 1 saturated heterocycles. The summed E-state index contributed by atoms with van der Waals surface area (Å²) in [5.74, 6) is -2.85. The molecule has 0 unspecified atom stereocenters. The van der Waals surface area contributed by atoms with Crippen LogP contribution in [0.5, 0.6) is 0 Å². The standard InChI is InChI=1S/C26H40O12/c1-13(8-10-27)5-4-6-14(2)23(34)38-26(3)9-7-15-16(22(32)33)12-35-24(18(15)26)37-25-21(31)20(30)19(29)17(11-28)36-25/h6,12-13,15,17-21,24-25,27-31H,4-5,7-11H2,1-3H3,(H,32,33)/b14-6+/t13-,15+,17+,18-,19+,20-,21+,24+,25-,26+/m1/s1. The lowest BCUT2D eigenvalue weighted by Gasteiger charge is -2.44. The summed E-state index contributed by atoms with van der Waals surface area (Å²) in [6, 6.07) is 0. The van der Waals surface area contributed by atoms with Crippen molar-refractivity contribution in [2.45, 2.75) is 95.5 Å². The molecule has 0 bridgehead atoms. The van der Waals surface area contributed by atoms with E-state index in [1.54, 1.807) is 19.9 Å². The van der Waals surface area contributed by atoms with Crippen molar-refractivity contribution in [3.8, 4) is 0 Å². The number of aliphatic hydroxyl groups is 5. The smallest absolute Gasteiger partial charge is 0.334 e. The number of allylic oxidation sites excluding steroid dienone is 1. The number of aliphatic hydroxyl groups excluding tert-OH is 5. The Morgan fingerprint density at radius 3 is 2.50 bits per heavy atom. The zero-order valence-corrected chi connectivity index (χ0v) is 21.9. The first kappa shape index (κ1) is 30.5. The first-order valence-electron chi connectivity index (χ1n) is 13.0. The summed E-state index contributed by atoms with van der Waals surface area (Å²) in [6.07, 6.45) is -3.27.